The lowest BCUT2D eigenvalue weighted by molar-refractivity contribution is 0.199. The first kappa shape index (κ1) is 12.8. The molecular weight excluding hydrogens is 234 g/mol. The van der Waals surface area contributed by atoms with Gasteiger partial charge in [0, 0.05) is 19.6 Å². The van der Waals surface area contributed by atoms with Gasteiger partial charge in [-0.3, -0.25) is 0 Å². The summed E-state index contributed by atoms with van der Waals surface area (Å²) in [5, 5.41) is 7.82. The average molecular weight is 251 g/mol. The van der Waals surface area contributed by atoms with E-state index >= 15 is 0 Å². The average Bonchev–Trinajstić information content (AvgIpc) is 2.94. The Bertz CT molecular complexity index is 490. The molecule has 0 atom stereocenters. The SMILES string of the molecule is COCCc1noc(-c2cc(CC(C)C)no2)n1. The number of methoxy groups -OCH3 is 1. The molecule has 98 valence electrons. The zero-order valence-electron chi connectivity index (χ0n) is 10.8. The molecule has 0 aromatic carbocycles. The maximum absolute atomic E-state index is 5.19. The molecule has 6 nitrogen and oxygen atoms in total. The van der Waals surface area contributed by atoms with Crippen molar-refractivity contribution in [1.29, 1.82) is 0 Å². The van der Waals surface area contributed by atoms with Gasteiger partial charge in [0.2, 0.25) is 5.76 Å². The minimum absolute atomic E-state index is 0.364. The van der Waals surface area contributed by atoms with Crippen LogP contribution in [0.15, 0.2) is 15.1 Å². The number of aromatic nitrogens is 3. The van der Waals surface area contributed by atoms with Gasteiger partial charge in [-0.1, -0.05) is 24.2 Å². The van der Waals surface area contributed by atoms with Gasteiger partial charge in [-0.25, -0.2) is 0 Å². The second-order valence-corrected chi connectivity index (χ2v) is 4.54. The van der Waals surface area contributed by atoms with E-state index in [1.165, 1.54) is 0 Å². The van der Waals surface area contributed by atoms with Crippen LogP contribution in [0.1, 0.15) is 25.4 Å². The minimum Gasteiger partial charge on any atom is -0.384 e. The van der Waals surface area contributed by atoms with E-state index in [0.717, 1.165) is 12.1 Å². The Morgan fingerprint density at radius 1 is 1.28 bits per heavy atom. The molecule has 0 unspecified atom stereocenters. The van der Waals surface area contributed by atoms with E-state index in [2.05, 4.69) is 29.1 Å². The third-order valence-electron chi connectivity index (χ3n) is 2.39. The van der Waals surface area contributed by atoms with E-state index < -0.39 is 0 Å². The molecule has 2 rings (SSSR count). The fourth-order valence-electron chi connectivity index (χ4n) is 1.58. The van der Waals surface area contributed by atoms with Crippen LogP contribution in [-0.4, -0.2) is 29.0 Å². The highest BCUT2D eigenvalue weighted by atomic mass is 16.5. The van der Waals surface area contributed by atoms with Crippen LogP contribution in [-0.2, 0) is 17.6 Å². The second-order valence-electron chi connectivity index (χ2n) is 4.54. The Labute approximate surface area is 105 Å². The van der Waals surface area contributed by atoms with Crippen LogP contribution in [0.5, 0.6) is 0 Å². The van der Waals surface area contributed by atoms with Gasteiger partial charge in [0.15, 0.2) is 5.82 Å². The molecule has 2 heterocycles. The molecule has 0 aliphatic carbocycles. The molecule has 0 bridgehead atoms. The van der Waals surface area contributed by atoms with Crippen LogP contribution >= 0.6 is 0 Å². The van der Waals surface area contributed by atoms with Crippen molar-refractivity contribution in [2.24, 2.45) is 5.92 Å². The molecule has 6 heteroatoms. The third kappa shape index (κ3) is 3.16. The Morgan fingerprint density at radius 2 is 2.11 bits per heavy atom. The number of rotatable bonds is 6. The minimum atomic E-state index is 0.364. The van der Waals surface area contributed by atoms with Gasteiger partial charge < -0.3 is 13.8 Å². The first-order valence-electron chi connectivity index (χ1n) is 5.96. The van der Waals surface area contributed by atoms with Gasteiger partial charge in [0.25, 0.3) is 5.89 Å². The van der Waals surface area contributed by atoms with E-state index in [-0.39, 0.29) is 0 Å². The molecule has 2 aromatic heterocycles. The standard InChI is InChI=1S/C12H17N3O3/c1-8(2)6-9-7-10(17-14-9)12-13-11(15-18-12)4-5-16-3/h7-8H,4-6H2,1-3H3. The summed E-state index contributed by atoms with van der Waals surface area (Å²) in [5.74, 6) is 2.02. The number of ether oxygens (including phenoxy) is 1. The predicted octanol–water partition coefficient (Wildman–Crippen LogP) is 2.11. The molecule has 0 N–H and O–H groups in total. The highest BCUT2D eigenvalue weighted by Crippen LogP contribution is 2.19. The highest BCUT2D eigenvalue weighted by molar-refractivity contribution is 5.43. The Hall–Kier alpha value is -1.69. The maximum Gasteiger partial charge on any atom is 0.296 e. The van der Waals surface area contributed by atoms with Crippen molar-refractivity contribution in [3.63, 3.8) is 0 Å². The molecule has 0 saturated heterocycles. The smallest absolute Gasteiger partial charge is 0.296 e. The largest absolute Gasteiger partial charge is 0.384 e. The van der Waals surface area contributed by atoms with Crippen molar-refractivity contribution in [2.75, 3.05) is 13.7 Å². The fraction of sp³-hybridized carbons (Fsp3) is 0.583. The molecule has 0 aliphatic rings. The van der Waals surface area contributed by atoms with Gasteiger partial charge in [0.05, 0.1) is 12.3 Å². The molecule has 0 aliphatic heterocycles. The predicted molar refractivity (Wildman–Crippen MR) is 63.9 cm³/mol. The quantitative estimate of drug-likeness (QED) is 0.782. The zero-order valence-corrected chi connectivity index (χ0v) is 10.8. The maximum atomic E-state index is 5.19. The second kappa shape index (κ2) is 5.77. The number of hydrogen-bond acceptors (Lipinski definition) is 6. The van der Waals surface area contributed by atoms with Gasteiger partial charge in [0.1, 0.15) is 0 Å². The molecule has 0 amide bonds. The Kier molecular flexibility index (Phi) is 4.09. The monoisotopic (exact) mass is 251 g/mol. The van der Waals surface area contributed by atoms with Crippen molar-refractivity contribution in [1.82, 2.24) is 15.3 Å². The van der Waals surface area contributed by atoms with Crippen molar-refractivity contribution < 1.29 is 13.8 Å². The third-order valence-corrected chi connectivity index (χ3v) is 2.39. The van der Waals surface area contributed by atoms with Crippen molar-refractivity contribution in [3.8, 4) is 11.7 Å². The van der Waals surface area contributed by atoms with Crippen LogP contribution < -0.4 is 0 Å². The molecular formula is C12H17N3O3. The molecule has 0 fully saturated rings. The Morgan fingerprint density at radius 3 is 2.83 bits per heavy atom. The molecule has 18 heavy (non-hydrogen) atoms. The van der Waals surface area contributed by atoms with E-state index in [9.17, 15) is 0 Å². The number of nitrogens with zero attached hydrogens (tertiary/aromatic N) is 3. The lowest BCUT2D eigenvalue weighted by atomic mass is 10.1. The van der Waals surface area contributed by atoms with Crippen LogP contribution in [0.4, 0.5) is 0 Å². The van der Waals surface area contributed by atoms with Crippen LogP contribution in [0, 0.1) is 5.92 Å². The number of hydrogen-bond donors (Lipinski definition) is 0. The van der Waals surface area contributed by atoms with E-state index in [1.807, 2.05) is 6.07 Å². The lowest BCUT2D eigenvalue weighted by Crippen LogP contribution is -1.95. The zero-order chi connectivity index (χ0) is 13.0. The summed E-state index contributed by atoms with van der Waals surface area (Å²) in [5.41, 5.74) is 0.900. The summed E-state index contributed by atoms with van der Waals surface area (Å²) in [4.78, 5) is 4.22. The van der Waals surface area contributed by atoms with Crippen LogP contribution in [0.25, 0.3) is 11.7 Å². The summed E-state index contributed by atoms with van der Waals surface area (Å²) >= 11 is 0. The van der Waals surface area contributed by atoms with Crippen molar-refractivity contribution in [3.05, 3.63) is 17.6 Å². The summed E-state index contributed by atoms with van der Waals surface area (Å²) < 4.78 is 15.3. The van der Waals surface area contributed by atoms with Gasteiger partial charge in [-0.15, -0.1) is 0 Å². The van der Waals surface area contributed by atoms with Gasteiger partial charge in [-0.2, -0.15) is 4.98 Å². The summed E-state index contributed by atoms with van der Waals surface area (Å²) in [6, 6.07) is 1.84. The summed E-state index contributed by atoms with van der Waals surface area (Å²) in [7, 11) is 1.63. The van der Waals surface area contributed by atoms with Crippen molar-refractivity contribution in [2.45, 2.75) is 26.7 Å². The Balaban J connectivity index is 2.06. The first-order valence-corrected chi connectivity index (χ1v) is 5.96. The molecule has 0 saturated carbocycles. The molecule has 2 aromatic rings. The normalized spacial score (nSPS) is 11.3. The summed E-state index contributed by atoms with van der Waals surface area (Å²) in [6.07, 6.45) is 1.49. The van der Waals surface area contributed by atoms with Gasteiger partial charge >= 0.3 is 0 Å². The van der Waals surface area contributed by atoms with E-state index in [0.29, 0.717) is 36.4 Å². The first-order chi connectivity index (χ1) is 8.69. The topological polar surface area (TPSA) is 74.2 Å². The fourth-order valence-corrected chi connectivity index (χ4v) is 1.58. The van der Waals surface area contributed by atoms with Crippen LogP contribution in [0.2, 0.25) is 0 Å². The molecule has 0 spiro atoms. The lowest BCUT2D eigenvalue weighted by Gasteiger charge is -1.96. The van der Waals surface area contributed by atoms with Crippen molar-refractivity contribution >= 4 is 0 Å². The van der Waals surface area contributed by atoms with Crippen LogP contribution in [0.3, 0.4) is 0 Å². The van der Waals surface area contributed by atoms with Gasteiger partial charge in [-0.05, 0) is 12.3 Å². The van der Waals surface area contributed by atoms with E-state index in [4.69, 9.17) is 13.8 Å². The summed E-state index contributed by atoms with van der Waals surface area (Å²) in [6.45, 7) is 4.82. The highest BCUT2D eigenvalue weighted by Gasteiger charge is 2.14. The van der Waals surface area contributed by atoms with E-state index in [1.54, 1.807) is 7.11 Å². The molecule has 0 radical (unpaired) electrons.